The monoisotopic (exact) mass is 826 g/mol. The highest BCUT2D eigenvalue weighted by molar-refractivity contribution is 7.79. The quantitative estimate of drug-likeness (QED) is 0.0576. The molecule has 294 valence electrons. The molecule has 0 saturated carbocycles. The predicted octanol–water partition coefficient (Wildman–Crippen LogP) is 10.1. The van der Waals surface area contributed by atoms with E-state index in [2.05, 4.69) is 0 Å². The standard InChI is InChI=1S/C18H16N2O2.C12H10Cl2N2.C12H12N2.H2O4S/c19-13-4-1-6-15(10-13)21-17-8-3-9-18(12-17)22-16-7-2-5-14(20)11-16;13-9-5-7(1-3-11(9)15)8-2-4-12(16)10(14)6-8;13-11-5-1-9(2-6-11)10-3-7-12(14)8-4-10;1-5(2,3)4/h1-12H,19-20H2;1-6H,15-16H2;1-8H,13-14H2;(H2,1,2,3,4). The van der Waals surface area contributed by atoms with Gasteiger partial charge in [0.15, 0.2) is 0 Å². The Hall–Kier alpha value is -6.61. The SMILES string of the molecule is Nc1ccc(-c2ccc(N)c(Cl)c2)cc1Cl.Nc1ccc(-c2ccc(N)cc2)cc1.Nc1cccc(Oc2cccc(Oc3cccc(N)c3)c2)c1.O=S(=O)(O)O. The molecule has 0 aliphatic heterocycles. The van der Waals surface area contributed by atoms with Gasteiger partial charge >= 0.3 is 10.4 Å². The van der Waals surface area contributed by atoms with Crippen molar-refractivity contribution in [3.05, 3.63) is 168 Å². The zero-order chi connectivity index (χ0) is 41.5. The highest BCUT2D eigenvalue weighted by Crippen LogP contribution is 2.31. The number of nitrogens with two attached hydrogens (primary N) is 6. The lowest BCUT2D eigenvalue weighted by Crippen LogP contribution is -1.90. The molecule has 14 N–H and O–H groups in total. The third kappa shape index (κ3) is 15.2. The summed E-state index contributed by atoms with van der Waals surface area (Å²) in [6.07, 6.45) is 0. The van der Waals surface area contributed by atoms with Crippen LogP contribution in [-0.4, -0.2) is 17.5 Å². The molecule has 0 atom stereocenters. The number of anilines is 6. The highest BCUT2D eigenvalue weighted by Gasteiger charge is 2.05. The molecule has 0 aliphatic carbocycles. The van der Waals surface area contributed by atoms with E-state index in [0.29, 0.717) is 55.8 Å². The first-order valence-electron chi connectivity index (χ1n) is 16.7. The van der Waals surface area contributed by atoms with E-state index >= 15 is 0 Å². The van der Waals surface area contributed by atoms with Gasteiger partial charge in [-0.1, -0.05) is 77.8 Å². The Bertz CT molecular complexity index is 2340. The van der Waals surface area contributed by atoms with Gasteiger partial charge in [-0.3, -0.25) is 9.11 Å². The van der Waals surface area contributed by atoms with Crippen molar-refractivity contribution in [1.82, 2.24) is 0 Å². The molecule has 7 aromatic carbocycles. The van der Waals surface area contributed by atoms with Crippen molar-refractivity contribution in [3.63, 3.8) is 0 Å². The third-order valence-corrected chi connectivity index (χ3v) is 8.14. The zero-order valence-corrected chi connectivity index (χ0v) is 32.5. The first-order valence-corrected chi connectivity index (χ1v) is 18.9. The number of rotatable bonds is 6. The molecule has 0 heterocycles. The summed E-state index contributed by atoms with van der Waals surface area (Å²) >= 11 is 11.9. The van der Waals surface area contributed by atoms with E-state index < -0.39 is 10.4 Å². The second kappa shape index (κ2) is 20.3. The van der Waals surface area contributed by atoms with E-state index in [1.807, 2.05) is 121 Å². The van der Waals surface area contributed by atoms with Crippen LogP contribution in [0.4, 0.5) is 34.1 Å². The Kier molecular flexibility index (Phi) is 15.4. The minimum absolute atomic E-state index is 0.533. The summed E-state index contributed by atoms with van der Waals surface area (Å²) in [5.74, 6) is 2.71. The second-order valence-electron chi connectivity index (χ2n) is 12.0. The van der Waals surface area contributed by atoms with Crippen molar-refractivity contribution in [3.8, 4) is 45.3 Å². The van der Waals surface area contributed by atoms with Crippen molar-refractivity contribution < 1.29 is 27.0 Å². The number of benzene rings is 7. The maximum Gasteiger partial charge on any atom is 0.394 e. The molecule has 0 fully saturated rings. The van der Waals surface area contributed by atoms with Gasteiger partial charge in [0.1, 0.15) is 23.0 Å². The Morgan fingerprint density at radius 1 is 0.386 bits per heavy atom. The van der Waals surface area contributed by atoms with Gasteiger partial charge in [-0.2, -0.15) is 8.42 Å². The van der Waals surface area contributed by atoms with Crippen LogP contribution < -0.4 is 43.9 Å². The van der Waals surface area contributed by atoms with Crippen LogP contribution in [0, 0.1) is 0 Å². The van der Waals surface area contributed by atoms with E-state index in [9.17, 15) is 0 Å². The van der Waals surface area contributed by atoms with E-state index in [1.165, 1.54) is 0 Å². The Morgan fingerprint density at radius 3 is 1.00 bits per heavy atom. The Labute approximate surface area is 340 Å². The van der Waals surface area contributed by atoms with Gasteiger partial charge in [0.25, 0.3) is 0 Å². The minimum Gasteiger partial charge on any atom is -0.457 e. The van der Waals surface area contributed by atoms with Crippen molar-refractivity contribution in [1.29, 1.82) is 0 Å². The highest BCUT2D eigenvalue weighted by atomic mass is 35.5. The predicted molar refractivity (Wildman–Crippen MR) is 234 cm³/mol. The molecule has 57 heavy (non-hydrogen) atoms. The van der Waals surface area contributed by atoms with Gasteiger partial charge in [-0.05, 0) is 107 Å². The molecule has 7 aromatic rings. The first-order chi connectivity index (χ1) is 27.0. The summed E-state index contributed by atoms with van der Waals surface area (Å²) in [6, 6.07) is 48.4. The van der Waals surface area contributed by atoms with Crippen molar-refractivity contribution in [2.75, 3.05) is 34.4 Å². The van der Waals surface area contributed by atoms with Crippen LogP contribution in [-0.2, 0) is 10.4 Å². The molecule has 0 radical (unpaired) electrons. The maximum atomic E-state index is 8.74. The second-order valence-corrected chi connectivity index (χ2v) is 13.7. The maximum absolute atomic E-state index is 8.74. The number of nitrogen functional groups attached to an aromatic ring is 6. The van der Waals surface area contributed by atoms with Crippen LogP contribution in [0.5, 0.6) is 23.0 Å². The number of ether oxygens (including phenoxy) is 2. The normalized spacial score (nSPS) is 10.3. The summed E-state index contributed by atoms with van der Waals surface area (Å²) in [5, 5.41) is 1.07. The molecule has 12 nitrogen and oxygen atoms in total. The van der Waals surface area contributed by atoms with Crippen molar-refractivity contribution in [2.24, 2.45) is 0 Å². The molecule has 0 aliphatic rings. The molecule has 0 saturated heterocycles. The minimum atomic E-state index is -4.67. The molecule has 7 rings (SSSR count). The van der Waals surface area contributed by atoms with Gasteiger partial charge in [0.2, 0.25) is 0 Å². The molecular formula is C42H40Cl2N6O6S. The van der Waals surface area contributed by atoms with Crippen molar-refractivity contribution >= 4 is 67.7 Å². The fourth-order valence-corrected chi connectivity index (χ4v) is 5.16. The lowest BCUT2D eigenvalue weighted by molar-refractivity contribution is 0.381. The van der Waals surface area contributed by atoms with E-state index in [4.69, 9.17) is 84.6 Å². The lowest BCUT2D eigenvalue weighted by Gasteiger charge is -2.09. The fourth-order valence-electron chi connectivity index (χ4n) is 4.79. The first kappa shape index (κ1) is 43.1. The van der Waals surface area contributed by atoms with Crippen LogP contribution in [0.3, 0.4) is 0 Å². The molecule has 15 heteroatoms. The Morgan fingerprint density at radius 2 is 0.684 bits per heavy atom. The van der Waals surface area contributed by atoms with Gasteiger partial charge in [-0.25, -0.2) is 0 Å². The molecule has 0 amide bonds. The summed E-state index contributed by atoms with van der Waals surface area (Å²) in [4.78, 5) is 0. The Balaban J connectivity index is 0.000000183. The average molecular weight is 828 g/mol. The topological polar surface area (TPSA) is 249 Å². The summed E-state index contributed by atoms with van der Waals surface area (Å²) in [6.45, 7) is 0. The van der Waals surface area contributed by atoms with Crippen LogP contribution in [0.1, 0.15) is 0 Å². The third-order valence-electron chi connectivity index (χ3n) is 7.48. The average Bonchev–Trinajstić information content (AvgIpc) is 3.15. The van der Waals surface area contributed by atoms with Crippen LogP contribution in [0.2, 0.25) is 10.0 Å². The van der Waals surface area contributed by atoms with Gasteiger partial charge in [-0.15, -0.1) is 0 Å². The summed E-state index contributed by atoms with van der Waals surface area (Å²) in [5.41, 5.74) is 42.2. The van der Waals surface area contributed by atoms with Crippen LogP contribution >= 0.6 is 23.2 Å². The van der Waals surface area contributed by atoms with Gasteiger partial charge < -0.3 is 43.9 Å². The van der Waals surface area contributed by atoms with E-state index in [-0.39, 0.29) is 0 Å². The molecule has 0 spiro atoms. The fraction of sp³-hybridized carbons (Fsp3) is 0. The molecule has 0 bridgehead atoms. The molecule has 0 unspecified atom stereocenters. The largest absolute Gasteiger partial charge is 0.457 e. The smallest absolute Gasteiger partial charge is 0.394 e. The zero-order valence-electron chi connectivity index (χ0n) is 30.2. The number of halogens is 2. The van der Waals surface area contributed by atoms with Gasteiger partial charge in [0, 0.05) is 40.9 Å². The van der Waals surface area contributed by atoms with Gasteiger partial charge in [0.05, 0.1) is 21.4 Å². The lowest BCUT2D eigenvalue weighted by atomic mass is 10.1. The summed E-state index contributed by atoms with van der Waals surface area (Å²) < 4.78 is 43.1. The van der Waals surface area contributed by atoms with Crippen molar-refractivity contribution in [2.45, 2.75) is 0 Å². The van der Waals surface area contributed by atoms with Crippen LogP contribution in [0.25, 0.3) is 22.3 Å². The van der Waals surface area contributed by atoms with E-state index in [0.717, 1.165) is 33.6 Å². The summed E-state index contributed by atoms with van der Waals surface area (Å²) in [7, 11) is -4.67. The molecular weight excluding hydrogens is 787 g/mol. The molecule has 0 aromatic heterocycles. The number of hydrogen-bond acceptors (Lipinski definition) is 10. The number of hydrogen-bond donors (Lipinski definition) is 8. The van der Waals surface area contributed by atoms with E-state index in [1.54, 1.807) is 36.4 Å². The van der Waals surface area contributed by atoms with Crippen LogP contribution in [0.15, 0.2) is 158 Å².